The molecule has 36 heavy (non-hydrogen) atoms. The molecule has 0 unspecified atom stereocenters. The Hall–Kier alpha value is -2.97. The molecule has 2 aromatic heterocycles. The van der Waals surface area contributed by atoms with Gasteiger partial charge in [-0.15, -0.1) is 0 Å². The number of ether oxygens (including phenoxy) is 1. The molecule has 3 heterocycles. The van der Waals surface area contributed by atoms with E-state index in [1.54, 1.807) is 4.90 Å². The highest BCUT2D eigenvalue weighted by molar-refractivity contribution is 6.33. The number of carbonyl (C=O) groups excluding carboxylic acids is 1. The molecule has 1 aliphatic rings. The lowest BCUT2D eigenvalue weighted by Crippen LogP contribution is -2.38. The van der Waals surface area contributed by atoms with Crippen LogP contribution in [0.5, 0.6) is 0 Å². The summed E-state index contributed by atoms with van der Waals surface area (Å²) in [6, 6.07) is 7.91. The van der Waals surface area contributed by atoms with E-state index in [4.69, 9.17) is 32.9 Å². The van der Waals surface area contributed by atoms with Crippen molar-refractivity contribution in [3.63, 3.8) is 0 Å². The number of halogens is 2. The van der Waals surface area contributed by atoms with Crippen LogP contribution in [0.4, 0.5) is 27.9 Å². The minimum atomic E-state index is -0.240. The number of hydrogen-bond donors (Lipinski definition) is 3. The summed E-state index contributed by atoms with van der Waals surface area (Å²) in [4.78, 5) is 18.6. The molecule has 10 heteroatoms. The van der Waals surface area contributed by atoms with E-state index in [9.17, 15) is 4.79 Å². The minimum absolute atomic E-state index is 0.240. The summed E-state index contributed by atoms with van der Waals surface area (Å²) in [6.45, 7) is 9.60. The van der Waals surface area contributed by atoms with Crippen molar-refractivity contribution in [2.45, 2.75) is 52.9 Å². The predicted octanol–water partition coefficient (Wildman–Crippen LogP) is 7.11. The first-order valence-electron chi connectivity index (χ1n) is 12.3. The SMILES string of the molecule is CCOC(=O)N1CCC(c2cc(C)c(Nc3nc(Nc4cc(C)[nH]n4)c(Cl)cc3CC)cc2Cl)CC1. The third-order valence-corrected chi connectivity index (χ3v) is 7.06. The number of aromatic amines is 1. The Morgan fingerprint density at radius 3 is 2.47 bits per heavy atom. The number of pyridine rings is 1. The maximum atomic E-state index is 12.0. The van der Waals surface area contributed by atoms with Gasteiger partial charge in [-0.05, 0) is 74.8 Å². The zero-order chi connectivity index (χ0) is 25.8. The minimum Gasteiger partial charge on any atom is -0.450 e. The van der Waals surface area contributed by atoms with Crippen LogP contribution < -0.4 is 10.6 Å². The second-order valence-corrected chi connectivity index (χ2v) is 9.83. The molecule has 0 atom stereocenters. The maximum Gasteiger partial charge on any atom is 0.409 e. The van der Waals surface area contributed by atoms with Gasteiger partial charge in [-0.2, -0.15) is 5.10 Å². The van der Waals surface area contributed by atoms with Gasteiger partial charge in [0.1, 0.15) is 5.82 Å². The molecule has 0 bridgehead atoms. The zero-order valence-corrected chi connectivity index (χ0v) is 22.6. The molecular formula is C26H32Cl2N6O2. The first-order valence-corrected chi connectivity index (χ1v) is 13.0. The lowest BCUT2D eigenvalue weighted by atomic mass is 9.88. The van der Waals surface area contributed by atoms with Crippen LogP contribution in [-0.4, -0.2) is 45.9 Å². The van der Waals surface area contributed by atoms with E-state index in [0.29, 0.717) is 53.1 Å². The number of nitrogens with zero attached hydrogens (tertiary/aromatic N) is 3. The molecule has 1 fully saturated rings. The fraction of sp³-hybridized carbons (Fsp3) is 0.423. The van der Waals surface area contributed by atoms with Gasteiger partial charge in [0.2, 0.25) is 0 Å². The van der Waals surface area contributed by atoms with Crippen molar-refractivity contribution in [3.05, 3.63) is 56.7 Å². The summed E-state index contributed by atoms with van der Waals surface area (Å²) < 4.78 is 5.14. The molecule has 0 saturated carbocycles. The molecule has 0 radical (unpaired) electrons. The van der Waals surface area contributed by atoms with E-state index < -0.39 is 0 Å². The molecule has 3 aromatic rings. The van der Waals surface area contributed by atoms with E-state index in [1.165, 1.54) is 0 Å². The lowest BCUT2D eigenvalue weighted by molar-refractivity contribution is 0.0971. The molecule has 1 aromatic carbocycles. The molecule has 0 aliphatic carbocycles. The largest absolute Gasteiger partial charge is 0.450 e. The average Bonchev–Trinajstić information content (AvgIpc) is 3.27. The van der Waals surface area contributed by atoms with Gasteiger partial charge < -0.3 is 20.3 Å². The van der Waals surface area contributed by atoms with Crippen molar-refractivity contribution in [2.24, 2.45) is 0 Å². The van der Waals surface area contributed by atoms with E-state index >= 15 is 0 Å². The number of piperidine rings is 1. The van der Waals surface area contributed by atoms with Gasteiger partial charge in [-0.25, -0.2) is 9.78 Å². The standard InChI is InChI=1S/C26H32Cl2N6O2/c1-5-17-13-21(28)25(30-23-12-16(4)32-33-23)31-24(17)29-22-14-20(27)19(11-15(22)3)18-7-9-34(10-8-18)26(35)36-6-2/h11-14,18H,5-10H2,1-4H3,(H3,29,30,31,32,33). The number of amides is 1. The van der Waals surface area contributed by atoms with Crippen LogP contribution in [0, 0.1) is 13.8 Å². The summed E-state index contributed by atoms with van der Waals surface area (Å²) in [7, 11) is 0. The Labute approximate surface area is 221 Å². The van der Waals surface area contributed by atoms with E-state index in [0.717, 1.165) is 47.3 Å². The van der Waals surface area contributed by atoms with Crippen molar-refractivity contribution >= 4 is 52.4 Å². The molecule has 8 nitrogen and oxygen atoms in total. The molecule has 4 rings (SSSR count). The van der Waals surface area contributed by atoms with Gasteiger partial charge in [-0.1, -0.05) is 36.2 Å². The van der Waals surface area contributed by atoms with Gasteiger partial charge in [0, 0.05) is 35.6 Å². The van der Waals surface area contributed by atoms with Crippen LogP contribution in [0.25, 0.3) is 0 Å². The van der Waals surface area contributed by atoms with Crippen molar-refractivity contribution < 1.29 is 9.53 Å². The number of hydrogen-bond acceptors (Lipinski definition) is 6. The van der Waals surface area contributed by atoms with Gasteiger partial charge in [0.15, 0.2) is 11.6 Å². The normalized spacial score (nSPS) is 14.1. The van der Waals surface area contributed by atoms with Crippen molar-refractivity contribution in [1.82, 2.24) is 20.1 Å². The quantitative estimate of drug-likeness (QED) is 0.301. The number of aromatic nitrogens is 3. The second-order valence-electron chi connectivity index (χ2n) is 9.02. The Bertz CT molecular complexity index is 1240. The maximum absolute atomic E-state index is 12.0. The zero-order valence-electron chi connectivity index (χ0n) is 21.0. The molecular weight excluding hydrogens is 499 g/mol. The van der Waals surface area contributed by atoms with E-state index in [-0.39, 0.29) is 6.09 Å². The average molecular weight is 531 g/mol. The molecule has 1 amide bonds. The Balaban J connectivity index is 1.53. The number of nitrogens with one attached hydrogen (secondary N) is 3. The first kappa shape index (κ1) is 26.1. The fourth-order valence-electron chi connectivity index (χ4n) is 4.46. The van der Waals surface area contributed by atoms with Crippen LogP contribution in [-0.2, 0) is 11.2 Å². The van der Waals surface area contributed by atoms with Crippen LogP contribution in [0.2, 0.25) is 10.0 Å². The van der Waals surface area contributed by atoms with Crippen LogP contribution >= 0.6 is 23.2 Å². The van der Waals surface area contributed by atoms with Gasteiger partial charge in [0.05, 0.1) is 11.6 Å². The first-order chi connectivity index (χ1) is 17.3. The lowest BCUT2D eigenvalue weighted by Gasteiger charge is -2.32. The molecule has 192 valence electrons. The summed E-state index contributed by atoms with van der Waals surface area (Å²) in [5.41, 5.74) is 5.00. The molecule has 0 spiro atoms. The topological polar surface area (TPSA) is 95.2 Å². The highest BCUT2D eigenvalue weighted by Crippen LogP contribution is 2.37. The summed E-state index contributed by atoms with van der Waals surface area (Å²) >= 11 is 13.3. The molecule has 3 N–H and O–H groups in total. The van der Waals surface area contributed by atoms with Crippen molar-refractivity contribution in [2.75, 3.05) is 30.3 Å². The number of aryl methyl sites for hydroxylation is 3. The van der Waals surface area contributed by atoms with Gasteiger partial charge >= 0.3 is 6.09 Å². The highest BCUT2D eigenvalue weighted by Gasteiger charge is 2.26. The van der Waals surface area contributed by atoms with Crippen molar-refractivity contribution in [1.29, 1.82) is 0 Å². The summed E-state index contributed by atoms with van der Waals surface area (Å²) in [6.07, 6.45) is 2.23. The van der Waals surface area contributed by atoms with Crippen LogP contribution in [0.3, 0.4) is 0 Å². The third kappa shape index (κ3) is 5.87. The number of rotatable bonds is 7. The van der Waals surface area contributed by atoms with Crippen molar-refractivity contribution in [3.8, 4) is 0 Å². The Morgan fingerprint density at radius 1 is 1.08 bits per heavy atom. The number of carbonyl (C=O) groups is 1. The van der Waals surface area contributed by atoms with E-state index in [2.05, 4.69) is 40.7 Å². The second kappa shape index (κ2) is 11.4. The van der Waals surface area contributed by atoms with Gasteiger partial charge in [-0.3, -0.25) is 5.10 Å². The summed E-state index contributed by atoms with van der Waals surface area (Å²) in [5, 5.41) is 15.0. The summed E-state index contributed by atoms with van der Waals surface area (Å²) in [5.74, 6) is 2.18. The number of benzene rings is 1. The highest BCUT2D eigenvalue weighted by atomic mass is 35.5. The monoisotopic (exact) mass is 530 g/mol. The fourth-order valence-corrected chi connectivity index (χ4v) is 5.00. The number of H-pyrrole nitrogens is 1. The molecule has 1 saturated heterocycles. The smallest absolute Gasteiger partial charge is 0.409 e. The molecule has 1 aliphatic heterocycles. The Morgan fingerprint density at radius 2 is 1.83 bits per heavy atom. The third-order valence-electron chi connectivity index (χ3n) is 6.45. The van der Waals surface area contributed by atoms with Crippen LogP contribution in [0.1, 0.15) is 55.0 Å². The van der Waals surface area contributed by atoms with E-state index in [1.807, 2.05) is 32.0 Å². The number of likely N-dealkylation sites (tertiary alicyclic amines) is 1. The van der Waals surface area contributed by atoms with Gasteiger partial charge in [0.25, 0.3) is 0 Å². The van der Waals surface area contributed by atoms with Crippen LogP contribution in [0.15, 0.2) is 24.3 Å². The Kier molecular flexibility index (Phi) is 8.26. The predicted molar refractivity (Wildman–Crippen MR) is 145 cm³/mol. The number of anilines is 4.